The molecule has 1 aliphatic heterocycles. The van der Waals surface area contributed by atoms with Crippen LogP contribution >= 0.6 is 15.9 Å². The molecule has 1 unspecified atom stereocenters. The number of nitrogens with zero attached hydrogens (tertiary/aromatic N) is 2. The third-order valence-electron chi connectivity index (χ3n) is 2.98. The predicted molar refractivity (Wildman–Crippen MR) is 60.5 cm³/mol. The van der Waals surface area contributed by atoms with Crippen LogP contribution in [0.3, 0.4) is 0 Å². The highest BCUT2D eigenvalue weighted by Crippen LogP contribution is 2.34. The molecule has 2 nitrogen and oxygen atoms in total. The van der Waals surface area contributed by atoms with E-state index in [9.17, 15) is 0 Å². The maximum Gasteiger partial charge on any atom is 0.0927 e. The van der Waals surface area contributed by atoms with Gasteiger partial charge < -0.3 is 0 Å². The molecule has 0 spiro atoms. The second-order valence-electron chi connectivity index (χ2n) is 3.96. The molecule has 0 saturated heterocycles. The molecule has 0 N–H and O–H groups in total. The number of aryl methyl sites for hydroxylation is 1. The fourth-order valence-corrected chi connectivity index (χ4v) is 2.63. The van der Waals surface area contributed by atoms with Crippen molar-refractivity contribution in [3.05, 3.63) is 28.4 Å². The van der Waals surface area contributed by atoms with Crippen molar-refractivity contribution in [2.45, 2.75) is 25.8 Å². The molecule has 1 aromatic heterocycles. The number of aromatic nitrogens is 2. The van der Waals surface area contributed by atoms with Crippen molar-refractivity contribution in [2.24, 2.45) is 0 Å². The van der Waals surface area contributed by atoms with Crippen molar-refractivity contribution >= 4 is 26.8 Å². The Bertz CT molecular complexity index is 501. The number of hydrogen-bond donors (Lipinski definition) is 0. The lowest BCUT2D eigenvalue weighted by atomic mass is 10.0. The Morgan fingerprint density at radius 1 is 1.50 bits per heavy atom. The van der Waals surface area contributed by atoms with Gasteiger partial charge in [-0.25, -0.2) is 0 Å². The minimum absolute atomic E-state index is 0.647. The van der Waals surface area contributed by atoms with Crippen LogP contribution in [-0.4, -0.2) is 9.78 Å². The van der Waals surface area contributed by atoms with Gasteiger partial charge in [0.2, 0.25) is 0 Å². The summed E-state index contributed by atoms with van der Waals surface area (Å²) in [6.45, 7) is 3.35. The van der Waals surface area contributed by atoms with Crippen molar-refractivity contribution < 1.29 is 0 Å². The Hall–Kier alpha value is -0.830. The topological polar surface area (TPSA) is 17.8 Å². The predicted octanol–water partition coefficient (Wildman–Crippen LogP) is 3.31. The van der Waals surface area contributed by atoms with Crippen LogP contribution in [0.15, 0.2) is 22.7 Å². The fourth-order valence-electron chi connectivity index (χ4n) is 2.27. The van der Waals surface area contributed by atoms with Crippen LogP contribution in [0.5, 0.6) is 0 Å². The molecule has 2 heterocycles. The van der Waals surface area contributed by atoms with E-state index >= 15 is 0 Å². The molecule has 3 heteroatoms. The van der Waals surface area contributed by atoms with Gasteiger partial charge in [0.25, 0.3) is 0 Å². The van der Waals surface area contributed by atoms with Gasteiger partial charge in [0, 0.05) is 28.0 Å². The Morgan fingerprint density at radius 2 is 2.36 bits per heavy atom. The zero-order chi connectivity index (χ0) is 9.71. The van der Waals surface area contributed by atoms with Gasteiger partial charge in [0.15, 0.2) is 0 Å². The third kappa shape index (κ3) is 1.05. The van der Waals surface area contributed by atoms with E-state index in [4.69, 9.17) is 0 Å². The molecule has 0 amide bonds. The minimum Gasteiger partial charge on any atom is -0.268 e. The summed E-state index contributed by atoms with van der Waals surface area (Å²) in [5.74, 6) is 0.647. The molecule has 0 radical (unpaired) electrons. The SMILES string of the molecule is CC1CCn2nc3ccc(Br)cc3c21. The van der Waals surface area contributed by atoms with Crippen LogP contribution in [0.2, 0.25) is 0 Å². The van der Waals surface area contributed by atoms with Crippen LogP contribution in [0.25, 0.3) is 10.9 Å². The second-order valence-corrected chi connectivity index (χ2v) is 4.88. The first kappa shape index (κ1) is 8.48. The van der Waals surface area contributed by atoms with Gasteiger partial charge in [-0.2, -0.15) is 5.10 Å². The smallest absolute Gasteiger partial charge is 0.0927 e. The first-order chi connectivity index (χ1) is 6.75. The number of fused-ring (bicyclic) bond motifs is 3. The van der Waals surface area contributed by atoms with Crippen LogP contribution in [-0.2, 0) is 6.54 Å². The first-order valence-corrected chi connectivity index (χ1v) is 5.71. The maximum absolute atomic E-state index is 4.58. The summed E-state index contributed by atoms with van der Waals surface area (Å²) < 4.78 is 3.29. The molecule has 72 valence electrons. The number of rotatable bonds is 0. The maximum atomic E-state index is 4.58. The number of benzene rings is 1. The lowest BCUT2D eigenvalue weighted by molar-refractivity contribution is 0.650. The standard InChI is InChI=1S/C11H11BrN2/c1-7-4-5-14-11(7)9-6-8(12)2-3-10(9)13-14/h2-3,6-7H,4-5H2,1H3. The van der Waals surface area contributed by atoms with Crippen molar-refractivity contribution in [1.82, 2.24) is 9.78 Å². The number of halogens is 1. The first-order valence-electron chi connectivity index (χ1n) is 4.91. The zero-order valence-corrected chi connectivity index (χ0v) is 9.58. The highest BCUT2D eigenvalue weighted by Gasteiger charge is 2.22. The van der Waals surface area contributed by atoms with E-state index in [1.54, 1.807) is 0 Å². The highest BCUT2D eigenvalue weighted by molar-refractivity contribution is 9.10. The lowest BCUT2D eigenvalue weighted by Crippen LogP contribution is -1.93. The van der Waals surface area contributed by atoms with Gasteiger partial charge in [-0.1, -0.05) is 22.9 Å². The van der Waals surface area contributed by atoms with Crippen LogP contribution in [0.1, 0.15) is 25.0 Å². The largest absolute Gasteiger partial charge is 0.268 e. The summed E-state index contributed by atoms with van der Waals surface area (Å²) in [6, 6.07) is 6.31. The summed E-state index contributed by atoms with van der Waals surface area (Å²) in [6.07, 6.45) is 1.23. The van der Waals surface area contributed by atoms with Crippen LogP contribution < -0.4 is 0 Å². The van der Waals surface area contributed by atoms with Crippen molar-refractivity contribution in [1.29, 1.82) is 0 Å². The minimum atomic E-state index is 0.647. The fraction of sp³-hybridized carbons (Fsp3) is 0.364. The van der Waals surface area contributed by atoms with Gasteiger partial charge in [-0.05, 0) is 24.6 Å². The Balaban J connectivity index is 2.38. The summed E-state index contributed by atoms with van der Waals surface area (Å²) >= 11 is 3.51. The molecule has 1 aliphatic rings. The van der Waals surface area contributed by atoms with E-state index in [0.717, 1.165) is 16.5 Å². The summed E-state index contributed by atoms with van der Waals surface area (Å²) in [5.41, 5.74) is 2.52. The molecular weight excluding hydrogens is 240 g/mol. The molecule has 3 rings (SSSR count). The summed E-state index contributed by atoms with van der Waals surface area (Å²) in [7, 11) is 0. The molecule has 0 fully saturated rings. The van der Waals surface area contributed by atoms with Gasteiger partial charge in [0.1, 0.15) is 0 Å². The van der Waals surface area contributed by atoms with Gasteiger partial charge in [-0.3, -0.25) is 4.68 Å². The van der Waals surface area contributed by atoms with Gasteiger partial charge >= 0.3 is 0 Å². The lowest BCUT2D eigenvalue weighted by Gasteiger charge is -2.00. The van der Waals surface area contributed by atoms with E-state index in [1.807, 2.05) is 0 Å². The molecule has 14 heavy (non-hydrogen) atoms. The van der Waals surface area contributed by atoms with Crippen molar-refractivity contribution in [2.75, 3.05) is 0 Å². The molecule has 1 aromatic carbocycles. The number of hydrogen-bond acceptors (Lipinski definition) is 1. The van der Waals surface area contributed by atoms with E-state index < -0.39 is 0 Å². The summed E-state index contributed by atoms with van der Waals surface area (Å²) in [5, 5.41) is 5.89. The van der Waals surface area contributed by atoms with E-state index in [0.29, 0.717) is 5.92 Å². The van der Waals surface area contributed by atoms with Crippen molar-refractivity contribution in [3.8, 4) is 0 Å². The molecular formula is C11H11BrN2. The monoisotopic (exact) mass is 250 g/mol. The van der Waals surface area contributed by atoms with Gasteiger partial charge in [0.05, 0.1) is 5.52 Å². The van der Waals surface area contributed by atoms with Crippen LogP contribution in [0, 0.1) is 0 Å². The molecule has 2 aromatic rings. The van der Waals surface area contributed by atoms with E-state index in [-0.39, 0.29) is 0 Å². The Kier molecular flexibility index (Phi) is 1.71. The third-order valence-corrected chi connectivity index (χ3v) is 3.48. The van der Waals surface area contributed by atoms with Crippen molar-refractivity contribution in [3.63, 3.8) is 0 Å². The molecule has 0 bridgehead atoms. The van der Waals surface area contributed by atoms with E-state index in [1.165, 1.54) is 17.5 Å². The normalized spacial score (nSPS) is 20.3. The highest BCUT2D eigenvalue weighted by atomic mass is 79.9. The van der Waals surface area contributed by atoms with E-state index in [2.05, 4.69) is 50.8 Å². The average Bonchev–Trinajstić information content (AvgIpc) is 2.67. The second kappa shape index (κ2) is 2.83. The zero-order valence-electron chi connectivity index (χ0n) is 8.00. The quantitative estimate of drug-likeness (QED) is 0.702. The van der Waals surface area contributed by atoms with Gasteiger partial charge in [-0.15, -0.1) is 0 Å². The average molecular weight is 251 g/mol. The molecule has 0 saturated carbocycles. The Labute approximate surface area is 91.0 Å². The molecule has 1 atom stereocenters. The Morgan fingerprint density at radius 3 is 3.21 bits per heavy atom. The molecule has 0 aliphatic carbocycles. The summed E-state index contributed by atoms with van der Waals surface area (Å²) in [4.78, 5) is 0. The van der Waals surface area contributed by atoms with Crippen LogP contribution in [0.4, 0.5) is 0 Å².